The van der Waals surface area contributed by atoms with Crippen LogP contribution in [0.2, 0.25) is 0 Å². The van der Waals surface area contributed by atoms with Crippen molar-refractivity contribution >= 4 is 17.7 Å². The minimum Gasteiger partial charge on any atom is -0.478 e. The van der Waals surface area contributed by atoms with Crippen LogP contribution < -0.4 is 0 Å². The van der Waals surface area contributed by atoms with Crippen LogP contribution in [0.25, 0.3) is 11.5 Å². The number of rotatable bonds is 3. The van der Waals surface area contributed by atoms with Crippen molar-refractivity contribution in [1.29, 1.82) is 0 Å². The van der Waals surface area contributed by atoms with Crippen LogP contribution in [0.15, 0.2) is 28.8 Å². The monoisotopic (exact) mass is 290 g/mol. The van der Waals surface area contributed by atoms with E-state index in [0.717, 1.165) is 23.6 Å². The predicted molar refractivity (Wildman–Crippen MR) is 75.7 cm³/mol. The van der Waals surface area contributed by atoms with Crippen LogP contribution in [0.1, 0.15) is 40.7 Å². The number of aromatic carboxylic acids is 1. The second-order valence-electron chi connectivity index (χ2n) is 4.70. The molecule has 0 saturated carbocycles. The number of hydrogen-bond acceptors (Lipinski definition) is 5. The quantitative estimate of drug-likeness (QED) is 0.933. The third kappa shape index (κ3) is 2.70. The van der Waals surface area contributed by atoms with E-state index < -0.39 is 5.97 Å². The van der Waals surface area contributed by atoms with Gasteiger partial charge in [0.25, 0.3) is 5.89 Å². The average molecular weight is 290 g/mol. The zero-order valence-corrected chi connectivity index (χ0v) is 11.6. The summed E-state index contributed by atoms with van der Waals surface area (Å²) < 4.78 is 5.28. The van der Waals surface area contributed by atoms with Crippen molar-refractivity contribution in [1.82, 2.24) is 10.1 Å². The van der Waals surface area contributed by atoms with Gasteiger partial charge in [-0.3, -0.25) is 0 Å². The predicted octanol–water partition coefficient (Wildman–Crippen LogP) is 3.39. The molecule has 2 heterocycles. The fourth-order valence-corrected chi connectivity index (χ4v) is 3.42. The third-order valence-electron chi connectivity index (χ3n) is 3.29. The molecule has 0 bridgehead atoms. The molecular weight excluding hydrogens is 276 g/mol. The van der Waals surface area contributed by atoms with Crippen molar-refractivity contribution in [2.24, 2.45) is 0 Å². The lowest BCUT2D eigenvalue weighted by Crippen LogP contribution is -2.03. The lowest BCUT2D eigenvalue weighted by Gasteiger charge is -2.17. The van der Waals surface area contributed by atoms with E-state index in [1.165, 1.54) is 25.0 Å². The minimum absolute atomic E-state index is 0.247. The summed E-state index contributed by atoms with van der Waals surface area (Å²) in [6.45, 7) is 0. The molecule has 5 nitrogen and oxygen atoms in total. The van der Waals surface area contributed by atoms with Crippen molar-refractivity contribution in [2.45, 2.75) is 24.5 Å². The summed E-state index contributed by atoms with van der Waals surface area (Å²) >= 11 is 1.87. The Bertz CT molecular complexity index is 603. The SMILES string of the molecule is O=C(O)c1ccc(-c2nc(C3CCCCS3)no2)cc1. The molecule has 6 heteroatoms. The number of benzene rings is 1. The van der Waals surface area contributed by atoms with Gasteiger partial charge in [-0.05, 0) is 42.9 Å². The maximum absolute atomic E-state index is 10.8. The molecule has 1 aromatic heterocycles. The van der Waals surface area contributed by atoms with Crippen molar-refractivity contribution in [3.05, 3.63) is 35.7 Å². The Morgan fingerprint density at radius 2 is 2.10 bits per heavy atom. The van der Waals surface area contributed by atoms with Crippen molar-refractivity contribution in [2.75, 3.05) is 5.75 Å². The number of thioether (sulfide) groups is 1. The summed E-state index contributed by atoms with van der Waals surface area (Å²) in [5.74, 6) is 1.39. The highest BCUT2D eigenvalue weighted by Crippen LogP contribution is 2.37. The molecule has 2 aromatic rings. The summed E-state index contributed by atoms with van der Waals surface area (Å²) in [6, 6.07) is 6.46. The van der Waals surface area contributed by atoms with Gasteiger partial charge in [-0.15, -0.1) is 0 Å². The van der Waals surface area contributed by atoms with E-state index >= 15 is 0 Å². The van der Waals surface area contributed by atoms with Gasteiger partial charge in [-0.2, -0.15) is 16.7 Å². The first-order valence-electron chi connectivity index (χ1n) is 6.53. The van der Waals surface area contributed by atoms with Gasteiger partial charge in [0.1, 0.15) is 0 Å². The highest BCUT2D eigenvalue weighted by molar-refractivity contribution is 7.99. The molecule has 20 heavy (non-hydrogen) atoms. The van der Waals surface area contributed by atoms with Gasteiger partial charge < -0.3 is 9.63 Å². The van der Waals surface area contributed by atoms with Crippen LogP contribution in [0.4, 0.5) is 0 Å². The van der Waals surface area contributed by atoms with Crippen LogP contribution in [-0.2, 0) is 0 Å². The second kappa shape index (κ2) is 5.66. The summed E-state index contributed by atoms with van der Waals surface area (Å²) in [6.07, 6.45) is 3.54. The maximum atomic E-state index is 10.8. The number of nitrogens with zero attached hydrogens (tertiary/aromatic N) is 2. The van der Waals surface area contributed by atoms with Crippen molar-refractivity contribution < 1.29 is 14.4 Å². The van der Waals surface area contributed by atoms with Crippen LogP contribution in [0.5, 0.6) is 0 Å². The van der Waals surface area contributed by atoms with Gasteiger partial charge in [0.05, 0.1) is 10.8 Å². The molecule has 1 fully saturated rings. The Morgan fingerprint density at radius 3 is 2.75 bits per heavy atom. The van der Waals surface area contributed by atoms with Crippen LogP contribution >= 0.6 is 11.8 Å². The van der Waals surface area contributed by atoms with Gasteiger partial charge in [0.15, 0.2) is 5.82 Å². The van der Waals surface area contributed by atoms with Crippen LogP contribution in [0.3, 0.4) is 0 Å². The number of carboxylic acids is 1. The molecule has 0 aliphatic carbocycles. The Kier molecular flexibility index (Phi) is 3.73. The molecule has 1 aromatic carbocycles. The van der Waals surface area contributed by atoms with Gasteiger partial charge in [0.2, 0.25) is 0 Å². The van der Waals surface area contributed by atoms with E-state index in [1.807, 2.05) is 11.8 Å². The fraction of sp³-hybridized carbons (Fsp3) is 0.357. The minimum atomic E-state index is -0.943. The molecule has 1 unspecified atom stereocenters. The lowest BCUT2D eigenvalue weighted by atomic mass is 10.1. The van der Waals surface area contributed by atoms with Gasteiger partial charge >= 0.3 is 5.97 Å². The molecule has 1 atom stereocenters. The van der Waals surface area contributed by atoms with Gasteiger partial charge in [-0.25, -0.2) is 4.79 Å². The van der Waals surface area contributed by atoms with Gasteiger partial charge in [0, 0.05) is 5.56 Å². The van der Waals surface area contributed by atoms with Crippen molar-refractivity contribution in [3.63, 3.8) is 0 Å². The molecule has 104 valence electrons. The number of aromatic nitrogens is 2. The van der Waals surface area contributed by atoms with Crippen LogP contribution in [0, 0.1) is 0 Å². The number of carboxylic acid groups (broad SMARTS) is 1. The molecule has 1 saturated heterocycles. The molecule has 0 amide bonds. The summed E-state index contributed by atoms with van der Waals surface area (Å²) in [4.78, 5) is 15.2. The molecule has 1 N–H and O–H groups in total. The summed E-state index contributed by atoms with van der Waals surface area (Å²) in [5.41, 5.74) is 0.992. The number of carbonyl (C=O) groups is 1. The van der Waals surface area contributed by atoms with E-state index in [-0.39, 0.29) is 5.56 Å². The summed E-state index contributed by atoms with van der Waals surface area (Å²) in [7, 11) is 0. The smallest absolute Gasteiger partial charge is 0.335 e. The maximum Gasteiger partial charge on any atom is 0.335 e. The Hall–Kier alpha value is -1.82. The fourth-order valence-electron chi connectivity index (χ4n) is 2.18. The van der Waals surface area contributed by atoms with E-state index in [1.54, 1.807) is 12.1 Å². The highest BCUT2D eigenvalue weighted by Gasteiger charge is 2.21. The third-order valence-corrected chi connectivity index (χ3v) is 4.66. The van der Waals surface area contributed by atoms with E-state index in [4.69, 9.17) is 9.63 Å². The Morgan fingerprint density at radius 1 is 1.30 bits per heavy atom. The molecule has 1 aliphatic heterocycles. The Balaban J connectivity index is 1.80. The standard InChI is InChI=1S/C14H14N2O3S/c17-14(18)10-6-4-9(5-7-10)13-15-12(16-19-13)11-3-1-2-8-20-11/h4-7,11H,1-3,8H2,(H,17,18). The molecule has 3 rings (SSSR count). The molecular formula is C14H14N2O3S. The van der Waals surface area contributed by atoms with E-state index in [9.17, 15) is 4.79 Å². The molecule has 0 radical (unpaired) electrons. The summed E-state index contributed by atoms with van der Waals surface area (Å²) in [5, 5.41) is 13.2. The topological polar surface area (TPSA) is 76.2 Å². The first kappa shape index (κ1) is 13.2. The number of hydrogen-bond donors (Lipinski definition) is 1. The zero-order chi connectivity index (χ0) is 13.9. The zero-order valence-electron chi connectivity index (χ0n) is 10.8. The van der Waals surface area contributed by atoms with Gasteiger partial charge in [-0.1, -0.05) is 11.6 Å². The van der Waals surface area contributed by atoms with Crippen LogP contribution in [-0.4, -0.2) is 27.0 Å². The lowest BCUT2D eigenvalue weighted by molar-refractivity contribution is 0.0697. The molecule has 1 aliphatic rings. The average Bonchev–Trinajstić information content (AvgIpc) is 2.98. The molecule has 0 spiro atoms. The normalized spacial score (nSPS) is 18.9. The first-order chi connectivity index (χ1) is 9.74. The van der Waals surface area contributed by atoms with Crippen molar-refractivity contribution in [3.8, 4) is 11.5 Å². The van der Waals surface area contributed by atoms with E-state index in [2.05, 4.69) is 10.1 Å². The Labute approximate surface area is 120 Å². The highest BCUT2D eigenvalue weighted by atomic mass is 32.2. The van der Waals surface area contributed by atoms with E-state index in [0.29, 0.717) is 11.1 Å². The first-order valence-corrected chi connectivity index (χ1v) is 7.58. The largest absolute Gasteiger partial charge is 0.478 e. The second-order valence-corrected chi connectivity index (χ2v) is 6.01.